The van der Waals surface area contributed by atoms with Crippen molar-refractivity contribution < 1.29 is 4.74 Å². The van der Waals surface area contributed by atoms with E-state index in [9.17, 15) is 0 Å². The van der Waals surface area contributed by atoms with E-state index < -0.39 is 0 Å². The summed E-state index contributed by atoms with van der Waals surface area (Å²) in [6.45, 7) is 0. The highest BCUT2D eigenvalue weighted by atomic mass is 16.5. The van der Waals surface area contributed by atoms with Gasteiger partial charge in [0.05, 0.1) is 16.6 Å². The van der Waals surface area contributed by atoms with Gasteiger partial charge in [0.2, 0.25) is 0 Å². The number of nitrogens with zero attached hydrogens (tertiary/aromatic N) is 2. The Hall–Kier alpha value is -3.34. The minimum atomic E-state index is 0.498. The van der Waals surface area contributed by atoms with Gasteiger partial charge in [-0.05, 0) is 42.7 Å². The van der Waals surface area contributed by atoms with Crippen molar-refractivity contribution >= 4 is 16.7 Å². The number of pyridine rings is 1. The van der Waals surface area contributed by atoms with Crippen LogP contribution in [0.25, 0.3) is 22.0 Å². The summed E-state index contributed by atoms with van der Waals surface area (Å²) in [4.78, 5) is 4.81. The number of aromatic amines is 1. The molecule has 2 heterocycles. The lowest BCUT2D eigenvalue weighted by Gasteiger charge is -2.12. The molecule has 140 valence electrons. The molecule has 0 bridgehead atoms. The number of nitrogen functional groups attached to an aromatic ring is 1. The summed E-state index contributed by atoms with van der Waals surface area (Å²) in [6, 6.07) is 17.8. The number of fused-ring (bicyclic) bond motifs is 1. The fraction of sp³-hybridized carbons (Fsp3) is 0.217. The fourth-order valence-electron chi connectivity index (χ4n) is 4.13. The van der Waals surface area contributed by atoms with Crippen LogP contribution < -0.4 is 10.5 Å². The van der Waals surface area contributed by atoms with Gasteiger partial charge in [-0.25, -0.2) is 0 Å². The first-order valence-electron chi connectivity index (χ1n) is 9.75. The largest absolute Gasteiger partial charge is 0.457 e. The Balaban J connectivity index is 1.51. The van der Waals surface area contributed by atoms with Gasteiger partial charge in [-0.3, -0.25) is 10.1 Å². The number of anilines is 1. The van der Waals surface area contributed by atoms with E-state index in [1.54, 1.807) is 0 Å². The lowest BCUT2D eigenvalue weighted by atomic mass is 9.97. The van der Waals surface area contributed by atoms with Crippen LogP contribution >= 0.6 is 0 Å². The van der Waals surface area contributed by atoms with Gasteiger partial charge in [0, 0.05) is 17.7 Å². The first kappa shape index (κ1) is 16.8. The SMILES string of the molecule is Nc1n[nH]c2c(C3CCCC3)ncc(-c3ccc(Oc4ccccc4)cc3)c12. The summed E-state index contributed by atoms with van der Waals surface area (Å²) in [5.74, 6) is 2.63. The molecule has 28 heavy (non-hydrogen) atoms. The van der Waals surface area contributed by atoms with Crippen LogP contribution in [0.4, 0.5) is 5.82 Å². The number of benzene rings is 2. The molecule has 0 radical (unpaired) electrons. The maximum absolute atomic E-state index is 6.22. The van der Waals surface area contributed by atoms with Gasteiger partial charge >= 0.3 is 0 Å². The van der Waals surface area contributed by atoms with Crippen molar-refractivity contribution in [1.29, 1.82) is 0 Å². The molecular formula is C23H22N4O. The molecule has 0 saturated heterocycles. The molecule has 0 spiro atoms. The smallest absolute Gasteiger partial charge is 0.153 e. The Bertz CT molecular complexity index is 1100. The second kappa shape index (κ2) is 7.00. The normalized spacial score (nSPS) is 14.6. The first-order valence-corrected chi connectivity index (χ1v) is 9.75. The van der Waals surface area contributed by atoms with E-state index in [1.165, 1.54) is 25.7 Å². The number of H-pyrrole nitrogens is 1. The zero-order chi connectivity index (χ0) is 18.9. The Morgan fingerprint density at radius 1 is 0.929 bits per heavy atom. The predicted molar refractivity (Wildman–Crippen MR) is 111 cm³/mol. The molecule has 2 aromatic carbocycles. The van der Waals surface area contributed by atoms with Crippen LogP contribution in [0.2, 0.25) is 0 Å². The summed E-state index contributed by atoms with van der Waals surface area (Å²) in [5, 5.41) is 8.37. The lowest BCUT2D eigenvalue weighted by molar-refractivity contribution is 0.483. The average molecular weight is 370 g/mol. The minimum absolute atomic E-state index is 0.498. The molecule has 0 atom stereocenters. The third-order valence-corrected chi connectivity index (χ3v) is 5.54. The Labute approximate surface area is 163 Å². The number of hydrogen-bond donors (Lipinski definition) is 2. The second-order valence-electron chi connectivity index (χ2n) is 7.34. The van der Waals surface area contributed by atoms with E-state index in [4.69, 9.17) is 15.5 Å². The third kappa shape index (κ3) is 2.99. The summed E-state index contributed by atoms with van der Waals surface area (Å²) < 4.78 is 5.89. The molecule has 5 rings (SSSR count). The van der Waals surface area contributed by atoms with E-state index in [-0.39, 0.29) is 0 Å². The average Bonchev–Trinajstić information content (AvgIpc) is 3.40. The standard InChI is InChI=1S/C23H22N4O/c24-23-20-19(14-25-21(22(20)26-27-23)16-6-4-5-7-16)15-10-12-18(13-11-15)28-17-8-2-1-3-9-17/h1-3,8-14,16H,4-7H2,(H3,24,26,27). The van der Waals surface area contributed by atoms with Crippen LogP contribution in [0.1, 0.15) is 37.3 Å². The maximum atomic E-state index is 6.22. The van der Waals surface area contributed by atoms with Gasteiger partial charge in [0.1, 0.15) is 11.5 Å². The molecule has 1 fully saturated rings. The van der Waals surface area contributed by atoms with Crippen molar-refractivity contribution in [2.45, 2.75) is 31.6 Å². The zero-order valence-corrected chi connectivity index (χ0v) is 15.6. The predicted octanol–water partition coefficient (Wildman–Crippen LogP) is 5.66. The van der Waals surface area contributed by atoms with Crippen LogP contribution in [-0.2, 0) is 0 Å². The molecule has 1 aliphatic rings. The number of hydrogen-bond acceptors (Lipinski definition) is 4. The van der Waals surface area contributed by atoms with Crippen LogP contribution in [0, 0.1) is 0 Å². The van der Waals surface area contributed by atoms with Crippen molar-refractivity contribution in [3.63, 3.8) is 0 Å². The van der Waals surface area contributed by atoms with Gasteiger partial charge in [0.25, 0.3) is 0 Å². The number of rotatable bonds is 4. The topological polar surface area (TPSA) is 76.8 Å². The summed E-state index contributed by atoms with van der Waals surface area (Å²) in [7, 11) is 0. The summed E-state index contributed by atoms with van der Waals surface area (Å²) in [6.07, 6.45) is 6.84. The van der Waals surface area contributed by atoms with Crippen LogP contribution in [0.5, 0.6) is 11.5 Å². The zero-order valence-electron chi connectivity index (χ0n) is 15.6. The molecular weight excluding hydrogens is 348 g/mol. The summed E-state index contributed by atoms with van der Waals surface area (Å²) >= 11 is 0. The van der Waals surface area contributed by atoms with Crippen LogP contribution in [0.3, 0.4) is 0 Å². The van der Waals surface area contributed by atoms with Crippen LogP contribution in [-0.4, -0.2) is 15.2 Å². The van der Waals surface area contributed by atoms with Crippen molar-refractivity contribution in [3.8, 4) is 22.6 Å². The number of nitrogens with two attached hydrogens (primary N) is 1. The molecule has 1 saturated carbocycles. The highest BCUT2D eigenvalue weighted by Gasteiger charge is 2.23. The van der Waals surface area contributed by atoms with Gasteiger partial charge in [-0.1, -0.05) is 43.2 Å². The molecule has 4 aromatic rings. The molecule has 0 amide bonds. The monoisotopic (exact) mass is 370 g/mol. The van der Waals surface area contributed by atoms with Crippen LogP contribution in [0.15, 0.2) is 60.8 Å². The lowest BCUT2D eigenvalue weighted by Crippen LogP contribution is -1.99. The molecule has 5 nitrogen and oxygen atoms in total. The first-order chi connectivity index (χ1) is 13.8. The second-order valence-corrected chi connectivity index (χ2v) is 7.34. The Morgan fingerprint density at radius 2 is 1.64 bits per heavy atom. The fourth-order valence-corrected chi connectivity index (χ4v) is 4.13. The number of para-hydroxylation sites is 1. The van der Waals surface area contributed by atoms with Crippen molar-refractivity contribution in [3.05, 3.63) is 66.5 Å². The number of nitrogens with one attached hydrogen (secondary N) is 1. The number of ether oxygens (including phenoxy) is 1. The van der Waals surface area contributed by atoms with Gasteiger partial charge in [-0.15, -0.1) is 0 Å². The highest BCUT2D eigenvalue weighted by molar-refractivity contribution is 6.02. The molecule has 0 unspecified atom stereocenters. The summed E-state index contributed by atoms with van der Waals surface area (Å²) in [5.41, 5.74) is 10.3. The number of aromatic nitrogens is 3. The van der Waals surface area contributed by atoms with Gasteiger partial charge in [0.15, 0.2) is 5.82 Å². The van der Waals surface area contributed by atoms with Crippen molar-refractivity contribution in [1.82, 2.24) is 15.2 Å². The molecule has 3 N–H and O–H groups in total. The van der Waals surface area contributed by atoms with Crippen molar-refractivity contribution in [2.24, 2.45) is 0 Å². The molecule has 1 aliphatic carbocycles. The molecule has 2 aromatic heterocycles. The highest BCUT2D eigenvalue weighted by Crippen LogP contribution is 2.40. The van der Waals surface area contributed by atoms with E-state index in [2.05, 4.69) is 10.2 Å². The van der Waals surface area contributed by atoms with Gasteiger partial charge in [-0.2, -0.15) is 5.10 Å². The minimum Gasteiger partial charge on any atom is -0.457 e. The molecule has 5 heteroatoms. The third-order valence-electron chi connectivity index (χ3n) is 5.54. The van der Waals surface area contributed by atoms with E-state index in [0.717, 1.165) is 39.2 Å². The quantitative estimate of drug-likeness (QED) is 0.486. The Morgan fingerprint density at radius 3 is 2.39 bits per heavy atom. The maximum Gasteiger partial charge on any atom is 0.153 e. The van der Waals surface area contributed by atoms with E-state index in [0.29, 0.717) is 11.7 Å². The molecule has 0 aliphatic heterocycles. The van der Waals surface area contributed by atoms with E-state index >= 15 is 0 Å². The Kier molecular flexibility index (Phi) is 4.20. The van der Waals surface area contributed by atoms with Gasteiger partial charge < -0.3 is 10.5 Å². The van der Waals surface area contributed by atoms with E-state index in [1.807, 2.05) is 60.8 Å². The van der Waals surface area contributed by atoms with Crippen molar-refractivity contribution in [2.75, 3.05) is 5.73 Å².